The second-order valence-corrected chi connectivity index (χ2v) is 3.90. The summed E-state index contributed by atoms with van der Waals surface area (Å²) in [5.74, 6) is 0. The molecule has 0 aliphatic carbocycles. The van der Waals surface area contributed by atoms with Crippen molar-refractivity contribution in [2.45, 2.75) is 13.5 Å². The van der Waals surface area contributed by atoms with Crippen LogP contribution in [0, 0.1) is 6.92 Å². The lowest BCUT2D eigenvalue weighted by molar-refractivity contribution is 1.05. The Kier molecular flexibility index (Phi) is 2.61. The second kappa shape index (κ2) is 3.90. The van der Waals surface area contributed by atoms with E-state index in [0.29, 0.717) is 6.54 Å². The van der Waals surface area contributed by atoms with E-state index in [1.54, 1.807) is 0 Å². The van der Waals surface area contributed by atoms with Crippen molar-refractivity contribution < 1.29 is 0 Å². The zero-order valence-corrected chi connectivity index (χ0v) is 8.84. The van der Waals surface area contributed by atoms with Crippen LogP contribution in [-0.2, 0) is 6.54 Å². The van der Waals surface area contributed by atoms with Gasteiger partial charge in [-0.1, -0.05) is 12.1 Å². The van der Waals surface area contributed by atoms with Crippen molar-refractivity contribution in [2.75, 3.05) is 0 Å². The number of hydrogen-bond donors (Lipinski definition) is 1. The molecule has 1 aromatic heterocycles. The van der Waals surface area contributed by atoms with Gasteiger partial charge in [0.15, 0.2) is 0 Å². The van der Waals surface area contributed by atoms with E-state index >= 15 is 0 Å². The van der Waals surface area contributed by atoms with Gasteiger partial charge in [0.05, 0.1) is 5.69 Å². The maximum Gasteiger partial charge on any atom is 0.0840 e. The molecule has 0 aliphatic heterocycles. The van der Waals surface area contributed by atoms with Crippen molar-refractivity contribution in [1.29, 1.82) is 0 Å². The molecule has 2 rings (SSSR count). The fourth-order valence-corrected chi connectivity index (χ4v) is 1.98. The molecule has 0 bridgehead atoms. The molecule has 0 atom stereocenters. The quantitative estimate of drug-likeness (QED) is 0.816. The number of nitrogens with zero attached hydrogens (tertiary/aromatic N) is 1. The Morgan fingerprint density at radius 1 is 1.36 bits per heavy atom. The molecule has 72 valence electrons. The average molecular weight is 204 g/mol. The van der Waals surface area contributed by atoms with Gasteiger partial charge < -0.3 is 5.73 Å². The second-order valence-electron chi connectivity index (χ2n) is 3.23. The number of aromatic nitrogens is 1. The monoisotopic (exact) mass is 204 g/mol. The van der Waals surface area contributed by atoms with E-state index in [9.17, 15) is 0 Å². The van der Waals surface area contributed by atoms with Crippen LogP contribution in [0.1, 0.15) is 11.1 Å². The van der Waals surface area contributed by atoms with Crippen LogP contribution in [0.2, 0.25) is 0 Å². The van der Waals surface area contributed by atoms with Gasteiger partial charge in [-0.15, -0.1) is 0 Å². The first-order valence-corrected chi connectivity index (χ1v) is 5.35. The lowest BCUT2D eigenvalue weighted by Gasteiger charge is -2.04. The summed E-state index contributed by atoms with van der Waals surface area (Å²) in [5.41, 5.74) is 10.2. The smallest absolute Gasteiger partial charge is 0.0840 e. The standard InChI is InChI=1S/C11H12N2S/c1-8-6-9(2-3-10(8)7-12)11-4-5-14-13-11/h2-6H,7,12H2,1H3. The molecular weight excluding hydrogens is 192 g/mol. The van der Waals surface area contributed by atoms with Gasteiger partial charge in [0.1, 0.15) is 0 Å². The van der Waals surface area contributed by atoms with Crippen molar-refractivity contribution in [3.63, 3.8) is 0 Å². The highest BCUT2D eigenvalue weighted by Crippen LogP contribution is 2.21. The molecule has 0 spiro atoms. The maximum atomic E-state index is 5.61. The summed E-state index contributed by atoms with van der Waals surface area (Å²) in [6.07, 6.45) is 0. The normalized spacial score (nSPS) is 10.4. The Morgan fingerprint density at radius 2 is 2.21 bits per heavy atom. The fraction of sp³-hybridized carbons (Fsp3) is 0.182. The molecule has 0 saturated carbocycles. The van der Waals surface area contributed by atoms with Gasteiger partial charge in [-0.2, -0.15) is 4.37 Å². The fourth-order valence-electron chi connectivity index (χ4n) is 1.45. The summed E-state index contributed by atoms with van der Waals surface area (Å²) < 4.78 is 4.29. The SMILES string of the molecule is Cc1cc(-c2ccsn2)ccc1CN. The summed E-state index contributed by atoms with van der Waals surface area (Å²) in [4.78, 5) is 0. The van der Waals surface area contributed by atoms with E-state index in [1.165, 1.54) is 28.2 Å². The topological polar surface area (TPSA) is 38.9 Å². The molecule has 0 saturated heterocycles. The van der Waals surface area contributed by atoms with Crippen LogP contribution < -0.4 is 5.73 Å². The summed E-state index contributed by atoms with van der Waals surface area (Å²) >= 11 is 1.48. The minimum Gasteiger partial charge on any atom is -0.326 e. The van der Waals surface area contributed by atoms with Crippen molar-refractivity contribution in [2.24, 2.45) is 5.73 Å². The Hall–Kier alpha value is -1.19. The van der Waals surface area contributed by atoms with Crippen molar-refractivity contribution in [3.05, 3.63) is 40.8 Å². The van der Waals surface area contributed by atoms with Crippen molar-refractivity contribution >= 4 is 11.5 Å². The predicted octanol–water partition coefficient (Wildman–Crippen LogP) is 2.58. The van der Waals surface area contributed by atoms with Crippen LogP contribution in [0.3, 0.4) is 0 Å². The highest BCUT2D eigenvalue weighted by molar-refractivity contribution is 7.03. The first kappa shape index (κ1) is 9.37. The van der Waals surface area contributed by atoms with E-state index in [0.717, 1.165) is 5.69 Å². The Bertz CT molecular complexity index is 421. The van der Waals surface area contributed by atoms with E-state index in [1.807, 2.05) is 11.4 Å². The van der Waals surface area contributed by atoms with Crippen LogP contribution in [-0.4, -0.2) is 4.37 Å². The molecule has 0 unspecified atom stereocenters. The lowest BCUT2D eigenvalue weighted by Crippen LogP contribution is -1.98. The molecule has 3 heteroatoms. The zero-order chi connectivity index (χ0) is 9.97. The van der Waals surface area contributed by atoms with Gasteiger partial charge in [0, 0.05) is 17.5 Å². The molecule has 1 aromatic carbocycles. The molecule has 14 heavy (non-hydrogen) atoms. The van der Waals surface area contributed by atoms with Gasteiger partial charge in [0.2, 0.25) is 0 Å². The van der Waals surface area contributed by atoms with Crippen LogP contribution in [0.4, 0.5) is 0 Å². The minimum absolute atomic E-state index is 0.600. The minimum atomic E-state index is 0.600. The summed E-state index contributed by atoms with van der Waals surface area (Å²) in [6.45, 7) is 2.68. The zero-order valence-electron chi connectivity index (χ0n) is 8.03. The van der Waals surface area contributed by atoms with E-state index in [-0.39, 0.29) is 0 Å². The molecule has 0 fully saturated rings. The molecular formula is C11H12N2S. The van der Waals surface area contributed by atoms with Crippen LogP contribution >= 0.6 is 11.5 Å². The molecule has 1 heterocycles. The van der Waals surface area contributed by atoms with Gasteiger partial charge in [-0.3, -0.25) is 0 Å². The van der Waals surface area contributed by atoms with Gasteiger partial charge in [-0.25, -0.2) is 0 Å². The first-order chi connectivity index (χ1) is 6.81. The molecule has 2 nitrogen and oxygen atoms in total. The summed E-state index contributed by atoms with van der Waals surface area (Å²) in [7, 11) is 0. The molecule has 0 radical (unpaired) electrons. The predicted molar refractivity (Wildman–Crippen MR) is 60.2 cm³/mol. The van der Waals surface area contributed by atoms with E-state index in [2.05, 4.69) is 29.5 Å². The highest BCUT2D eigenvalue weighted by Gasteiger charge is 2.02. The number of hydrogen-bond acceptors (Lipinski definition) is 3. The Balaban J connectivity index is 2.43. The summed E-state index contributed by atoms with van der Waals surface area (Å²) in [6, 6.07) is 8.31. The lowest BCUT2D eigenvalue weighted by atomic mass is 10.0. The third-order valence-electron chi connectivity index (χ3n) is 2.30. The van der Waals surface area contributed by atoms with E-state index in [4.69, 9.17) is 5.73 Å². The number of benzene rings is 1. The van der Waals surface area contributed by atoms with Crippen LogP contribution in [0.15, 0.2) is 29.6 Å². The van der Waals surface area contributed by atoms with Crippen LogP contribution in [0.25, 0.3) is 11.3 Å². The molecule has 2 aromatic rings. The Morgan fingerprint density at radius 3 is 2.79 bits per heavy atom. The number of aryl methyl sites for hydroxylation is 1. The molecule has 2 N–H and O–H groups in total. The van der Waals surface area contributed by atoms with Crippen LogP contribution in [0.5, 0.6) is 0 Å². The maximum absolute atomic E-state index is 5.61. The third kappa shape index (κ3) is 1.69. The number of rotatable bonds is 2. The Labute approximate surface area is 87.6 Å². The molecule has 0 aliphatic rings. The van der Waals surface area contributed by atoms with Gasteiger partial charge >= 0.3 is 0 Å². The first-order valence-electron chi connectivity index (χ1n) is 4.51. The highest BCUT2D eigenvalue weighted by atomic mass is 32.1. The van der Waals surface area contributed by atoms with Gasteiger partial charge in [-0.05, 0) is 41.7 Å². The average Bonchev–Trinajstić information content (AvgIpc) is 2.70. The summed E-state index contributed by atoms with van der Waals surface area (Å²) in [5, 5.41) is 1.99. The largest absolute Gasteiger partial charge is 0.326 e. The van der Waals surface area contributed by atoms with E-state index < -0.39 is 0 Å². The molecule has 0 amide bonds. The third-order valence-corrected chi connectivity index (χ3v) is 2.86. The van der Waals surface area contributed by atoms with Crippen molar-refractivity contribution in [1.82, 2.24) is 4.37 Å². The van der Waals surface area contributed by atoms with Gasteiger partial charge in [0.25, 0.3) is 0 Å². The van der Waals surface area contributed by atoms with Crippen molar-refractivity contribution in [3.8, 4) is 11.3 Å². The number of nitrogens with two attached hydrogens (primary N) is 1.